The Morgan fingerprint density at radius 1 is 1.20 bits per heavy atom. The van der Waals surface area contributed by atoms with Crippen molar-refractivity contribution in [3.05, 3.63) is 36.4 Å². The van der Waals surface area contributed by atoms with Crippen molar-refractivity contribution in [2.75, 3.05) is 5.32 Å². The maximum atomic E-state index is 12.3. The molecule has 1 N–H and O–H groups in total. The number of rotatable bonds is 6. The first-order valence-corrected chi connectivity index (χ1v) is 7.86. The van der Waals surface area contributed by atoms with E-state index in [4.69, 9.17) is 0 Å². The molecule has 3 heterocycles. The van der Waals surface area contributed by atoms with Crippen LogP contribution in [-0.2, 0) is 13.1 Å². The van der Waals surface area contributed by atoms with Gasteiger partial charge in [0.15, 0.2) is 5.65 Å². The number of pyridine rings is 1. The van der Waals surface area contributed by atoms with Gasteiger partial charge in [-0.15, -0.1) is 0 Å². The molecule has 3 rings (SSSR count). The number of nitrogens with zero attached hydrogens (tertiary/aromatic N) is 5. The topological polar surface area (TPSA) is 77.6 Å². The molecule has 25 heavy (non-hydrogen) atoms. The fraction of sp³-hybridized carbons (Fsp3) is 0.375. The molecule has 0 saturated heterocycles. The second kappa shape index (κ2) is 6.96. The highest BCUT2D eigenvalue weighted by molar-refractivity contribution is 6.05. The van der Waals surface area contributed by atoms with Crippen LogP contribution in [0.1, 0.15) is 24.2 Å². The minimum Gasteiger partial charge on any atom is -0.319 e. The van der Waals surface area contributed by atoms with Crippen LogP contribution in [0.25, 0.3) is 11.0 Å². The zero-order chi connectivity index (χ0) is 18.0. The summed E-state index contributed by atoms with van der Waals surface area (Å²) in [6.45, 7) is 4.40. The molecule has 3 aromatic rings. The smallest absolute Gasteiger partial charge is 0.257 e. The Morgan fingerprint density at radius 3 is 2.72 bits per heavy atom. The highest BCUT2D eigenvalue weighted by atomic mass is 19.3. The van der Waals surface area contributed by atoms with Gasteiger partial charge in [-0.2, -0.15) is 10.2 Å². The number of halogens is 2. The summed E-state index contributed by atoms with van der Waals surface area (Å²) in [5.41, 5.74) is 1.43. The fourth-order valence-corrected chi connectivity index (χ4v) is 2.45. The minimum atomic E-state index is -2.50. The summed E-state index contributed by atoms with van der Waals surface area (Å²) < 4.78 is 27.5. The monoisotopic (exact) mass is 348 g/mol. The molecule has 0 aromatic carbocycles. The standard InChI is InChI=1S/C16H18F2N6O/c1-10(2)7-24-15-11(5-21-24)3-12(4-19-15)16(25)22-13-6-20-23(8-13)9-14(17)18/h3-6,8,10,14H,7,9H2,1-2H3,(H,22,25). The van der Waals surface area contributed by atoms with Crippen LogP contribution in [0, 0.1) is 5.92 Å². The zero-order valence-corrected chi connectivity index (χ0v) is 13.9. The summed E-state index contributed by atoms with van der Waals surface area (Å²) in [6.07, 6.45) is 3.32. The first-order chi connectivity index (χ1) is 11.9. The summed E-state index contributed by atoms with van der Waals surface area (Å²) in [7, 11) is 0. The lowest BCUT2D eigenvalue weighted by molar-refractivity contribution is 0.102. The lowest BCUT2D eigenvalue weighted by Crippen LogP contribution is -2.12. The van der Waals surface area contributed by atoms with E-state index in [0.29, 0.717) is 17.2 Å². The van der Waals surface area contributed by atoms with Gasteiger partial charge in [-0.1, -0.05) is 13.8 Å². The van der Waals surface area contributed by atoms with Crippen molar-refractivity contribution in [3.8, 4) is 0 Å². The molecule has 0 bridgehead atoms. The SMILES string of the molecule is CC(C)Cn1ncc2cc(C(=O)Nc3cnn(CC(F)F)c3)cnc21. The van der Waals surface area contributed by atoms with Gasteiger partial charge in [-0.3, -0.25) is 9.48 Å². The van der Waals surface area contributed by atoms with Crippen LogP contribution in [0.3, 0.4) is 0 Å². The molecule has 0 atom stereocenters. The van der Waals surface area contributed by atoms with Gasteiger partial charge in [0, 0.05) is 24.3 Å². The van der Waals surface area contributed by atoms with Crippen molar-refractivity contribution in [1.29, 1.82) is 0 Å². The zero-order valence-electron chi connectivity index (χ0n) is 13.9. The molecule has 0 radical (unpaired) electrons. The van der Waals surface area contributed by atoms with E-state index >= 15 is 0 Å². The third-order valence-corrected chi connectivity index (χ3v) is 3.49. The predicted octanol–water partition coefficient (Wildman–Crippen LogP) is 2.80. The van der Waals surface area contributed by atoms with Crippen LogP contribution >= 0.6 is 0 Å². The number of amides is 1. The van der Waals surface area contributed by atoms with E-state index in [0.717, 1.165) is 22.3 Å². The number of nitrogens with one attached hydrogen (secondary N) is 1. The van der Waals surface area contributed by atoms with Gasteiger partial charge in [-0.05, 0) is 12.0 Å². The van der Waals surface area contributed by atoms with Crippen LogP contribution in [0.4, 0.5) is 14.5 Å². The molecule has 132 valence electrons. The van der Waals surface area contributed by atoms with E-state index in [1.54, 1.807) is 16.9 Å². The summed E-state index contributed by atoms with van der Waals surface area (Å²) in [4.78, 5) is 16.6. The lowest BCUT2D eigenvalue weighted by Gasteiger charge is -2.06. The lowest BCUT2D eigenvalue weighted by atomic mass is 10.2. The quantitative estimate of drug-likeness (QED) is 0.743. The van der Waals surface area contributed by atoms with Crippen LogP contribution in [0.5, 0.6) is 0 Å². The molecule has 0 aliphatic rings. The van der Waals surface area contributed by atoms with Crippen molar-refractivity contribution < 1.29 is 13.6 Å². The predicted molar refractivity (Wildman–Crippen MR) is 88.6 cm³/mol. The van der Waals surface area contributed by atoms with Crippen LogP contribution in [-0.4, -0.2) is 36.9 Å². The molecule has 3 aromatic heterocycles. The molecule has 0 aliphatic heterocycles. The van der Waals surface area contributed by atoms with E-state index in [2.05, 4.69) is 34.3 Å². The number of fused-ring (bicyclic) bond motifs is 1. The highest BCUT2D eigenvalue weighted by Crippen LogP contribution is 2.16. The third-order valence-electron chi connectivity index (χ3n) is 3.49. The summed E-state index contributed by atoms with van der Waals surface area (Å²) in [5.74, 6) is 0.0419. The van der Waals surface area contributed by atoms with Crippen molar-refractivity contribution >= 4 is 22.6 Å². The average molecular weight is 348 g/mol. The molecular weight excluding hydrogens is 330 g/mol. The Kier molecular flexibility index (Phi) is 4.73. The number of hydrogen-bond acceptors (Lipinski definition) is 4. The molecule has 0 spiro atoms. The average Bonchev–Trinajstić information content (AvgIpc) is 3.13. The Bertz CT molecular complexity index is 886. The molecule has 7 nitrogen and oxygen atoms in total. The first-order valence-electron chi connectivity index (χ1n) is 7.86. The largest absolute Gasteiger partial charge is 0.319 e. The Hall–Kier alpha value is -2.84. The van der Waals surface area contributed by atoms with Crippen LogP contribution in [0.2, 0.25) is 0 Å². The fourth-order valence-electron chi connectivity index (χ4n) is 2.45. The van der Waals surface area contributed by atoms with Gasteiger partial charge in [0.25, 0.3) is 12.3 Å². The number of anilines is 1. The summed E-state index contributed by atoms with van der Waals surface area (Å²) in [5, 5.41) is 11.5. The van der Waals surface area contributed by atoms with Crippen LogP contribution in [0.15, 0.2) is 30.9 Å². The van der Waals surface area contributed by atoms with Crippen LogP contribution < -0.4 is 5.32 Å². The van der Waals surface area contributed by atoms with Crippen molar-refractivity contribution in [3.63, 3.8) is 0 Å². The first kappa shape index (κ1) is 17.0. The second-order valence-corrected chi connectivity index (χ2v) is 6.15. The van der Waals surface area contributed by atoms with Gasteiger partial charge in [-0.25, -0.2) is 18.4 Å². The summed E-state index contributed by atoms with van der Waals surface area (Å²) in [6, 6.07) is 1.70. The summed E-state index contributed by atoms with van der Waals surface area (Å²) >= 11 is 0. The van der Waals surface area contributed by atoms with Gasteiger partial charge in [0.05, 0.1) is 23.6 Å². The highest BCUT2D eigenvalue weighted by Gasteiger charge is 2.13. The van der Waals surface area contributed by atoms with E-state index in [-0.39, 0.29) is 5.91 Å². The number of carbonyl (C=O) groups is 1. The van der Waals surface area contributed by atoms with Gasteiger partial charge in [0.2, 0.25) is 0 Å². The van der Waals surface area contributed by atoms with Gasteiger partial charge >= 0.3 is 0 Å². The molecule has 9 heteroatoms. The molecule has 1 amide bonds. The molecule has 0 unspecified atom stereocenters. The van der Waals surface area contributed by atoms with Gasteiger partial charge in [0.1, 0.15) is 6.54 Å². The molecule has 0 aliphatic carbocycles. The minimum absolute atomic E-state index is 0.348. The molecule has 0 saturated carbocycles. The van der Waals surface area contributed by atoms with Gasteiger partial charge < -0.3 is 5.32 Å². The number of hydrogen-bond donors (Lipinski definition) is 1. The second-order valence-electron chi connectivity index (χ2n) is 6.15. The molecular formula is C16H18F2N6O. The Labute approximate surface area is 142 Å². The molecule has 0 fully saturated rings. The van der Waals surface area contributed by atoms with E-state index in [1.807, 2.05) is 0 Å². The Morgan fingerprint density at radius 2 is 2.00 bits per heavy atom. The van der Waals surface area contributed by atoms with E-state index in [1.165, 1.54) is 18.6 Å². The van der Waals surface area contributed by atoms with E-state index in [9.17, 15) is 13.6 Å². The van der Waals surface area contributed by atoms with E-state index < -0.39 is 13.0 Å². The maximum Gasteiger partial charge on any atom is 0.257 e. The number of carbonyl (C=O) groups excluding carboxylic acids is 1. The third kappa shape index (κ3) is 3.98. The number of aromatic nitrogens is 5. The maximum absolute atomic E-state index is 12.3. The normalized spacial score (nSPS) is 11.6. The Balaban J connectivity index is 1.74. The van der Waals surface area contributed by atoms with Crippen molar-refractivity contribution in [1.82, 2.24) is 24.5 Å². The number of alkyl halides is 2. The van der Waals surface area contributed by atoms with Crippen molar-refractivity contribution in [2.45, 2.75) is 33.4 Å². The van der Waals surface area contributed by atoms with Crippen molar-refractivity contribution in [2.24, 2.45) is 5.92 Å².